The summed E-state index contributed by atoms with van der Waals surface area (Å²) >= 11 is 0. The van der Waals surface area contributed by atoms with Gasteiger partial charge in [0.15, 0.2) is 0 Å². The van der Waals surface area contributed by atoms with E-state index in [1.807, 2.05) is 30.6 Å². The summed E-state index contributed by atoms with van der Waals surface area (Å²) in [5.41, 5.74) is 7.82. The van der Waals surface area contributed by atoms with Crippen LogP contribution in [0.25, 0.3) is 0 Å². The Kier molecular flexibility index (Phi) is 2.95. The van der Waals surface area contributed by atoms with Crippen LogP contribution in [0, 0.1) is 0 Å². The fourth-order valence-electron chi connectivity index (χ4n) is 1.95. The number of nitrogens with zero attached hydrogens (tertiary/aromatic N) is 2. The van der Waals surface area contributed by atoms with Crippen LogP contribution in [-0.2, 0) is 6.42 Å². The topological polar surface area (TPSA) is 43.8 Å². The molecule has 0 saturated carbocycles. The van der Waals surface area contributed by atoms with E-state index in [9.17, 15) is 0 Å². The van der Waals surface area contributed by atoms with Crippen LogP contribution in [0.15, 0.2) is 36.7 Å². The van der Waals surface area contributed by atoms with Crippen LogP contribution in [0.1, 0.15) is 31.3 Å². The SMILES string of the molecule is CCc1nccn1C(C)c1cccc(N)c1. The molecule has 84 valence electrons. The molecular weight excluding hydrogens is 198 g/mol. The van der Waals surface area contributed by atoms with E-state index in [-0.39, 0.29) is 6.04 Å². The third-order valence-corrected chi connectivity index (χ3v) is 2.88. The summed E-state index contributed by atoms with van der Waals surface area (Å²) in [4.78, 5) is 4.34. The van der Waals surface area contributed by atoms with E-state index < -0.39 is 0 Å². The number of imidazole rings is 1. The van der Waals surface area contributed by atoms with Crippen molar-refractivity contribution in [2.75, 3.05) is 5.73 Å². The maximum Gasteiger partial charge on any atom is 0.108 e. The first-order valence-corrected chi connectivity index (χ1v) is 5.59. The van der Waals surface area contributed by atoms with Gasteiger partial charge in [0.25, 0.3) is 0 Å². The van der Waals surface area contributed by atoms with Gasteiger partial charge in [0.05, 0.1) is 6.04 Å². The molecule has 3 heteroatoms. The van der Waals surface area contributed by atoms with Gasteiger partial charge in [-0.15, -0.1) is 0 Å². The molecule has 1 aromatic carbocycles. The quantitative estimate of drug-likeness (QED) is 0.800. The minimum atomic E-state index is 0.279. The molecule has 2 rings (SSSR count). The van der Waals surface area contributed by atoms with Gasteiger partial charge in [-0.05, 0) is 24.6 Å². The number of hydrogen-bond acceptors (Lipinski definition) is 2. The molecule has 1 heterocycles. The van der Waals surface area contributed by atoms with Gasteiger partial charge in [-0.3, -0.25) is 0 Å². The Morgan fingerprint density at radius 3 is 2.94 bits per heavy atom. The van der Waals surface area contributed by atoms with E-state index in [1.165, 1.54) is 5.56 Å². The van der Waals surface area contributed by atoms with Crippen LogP contribution in [-0.4, -0.2) is 9.55 Å². The normalized spacial score (nSPS) is 12.6. The van der Waals surface area contributed by atoms with Crippen molar-refractivity contribution in [3.63, 3.8) is 0 Å². The summed E-state index contributed by atoms with van der Waals surface area (Å²) in [6, 6.07) is 8.29. The minimum Gasteiger partial charge on any atom is -0.399 e. The summed E-state index contributed by atoms with van der Waals surface area (Å²) in [6.07, 6.45) is 4.81. The number of hydrogen-bond donors (Lipinski definition) is 1. The number of aryl methyl sites for hydroxylation is 1. The second-order valence-corrected chi connectivity index (χ2v) is 3.95. The molecule has 0 aliphatic rings. The molecular formula is C13H17N3. The zero-order chi connectivity index (χ0) is 11.5. The van der Waals surface area contributed by atoms with Crippen molar-refractivity contribution in [1.29, 1.82) is 0 Å². The predicted molar refractivity (Wildman–Crippen MR) is 66.3 cm³/mol. The highest BCUT2D eigenvalue weighted by Gasteiger charge is 2.10. The highest BCUT2D eigenvalue weighted by Crippen LogP contribution is 2.21. The van der Waals surface area contributed by atoms with Crippen molar-refractivity contribution in [2.24, 2.45) is 0 Å². The third kappa shape index (κ3) is 1.94. The third-order valence-electron chi connectivity index (χ3n) is 2.88. The molecule has 1 aromatic heterocycles. The Bertz CT molecular complexity index is 474. The first kappa shape index (κ1) is 10.7. The van der Waals surface area contributed by atoms with Crippen LogP contribution in [0.5, 0.6) is 0 Å². The second kappa shape index (κ2) is 4.39. The van der Waals surface area contributed by atoms with Crippen molar-refractivity contribution >= 4 is 5.69 Å². The maximum absolute atomic E-state index is 5.80. The van der Waals surface area contributed by atoms with Crippen molar-refractivity contribution in [2.45, 2.75) is 26.3 Å². The smallest absolute Gasteiger partial charge is 0.108 e. The van der Waals surface area contributed by atoms with Crippen molar-refractivity contribution in [3.8, 4) is 0 Å². The van der Waals surface area contributed by atoms with Crippen molar-refractivity contribution in [3.05, 3.63) is 48.0 Å². The zero-order valence-electron chi connectivity index (χ0n) is 9.72. The van der Waals surface area contributed by atoms with E-state index in [0.717, 1.165) is 17.9 Å². The summed E-state index contributed by atoms with van der Waals surface area (Å²) < 4.78 is 2.19. The van der Waals surface area contributed by atoms with Gasteiger partial charge < -0.3 is 10.3 Å². The summed E-state index contributed by atoms with van der Waals surface area (Å²) in [5, 5.41) is 0. The molecule has 0 fully saturated rings. The monoisotopic (exact) mass is 215 g/mol. The number of nitrogen functional groups attached to an aromatic ring is 1. The standard InChI is InChI=1S/C13H17N3/c1-3-13-15-7-8-16(13)10(2)11-5-4-6-12(14)9-11/h4-10H,3,14H2,1-2H3. The molecule has 0 aliphatic carbocycles. The van der Waals surface area contributed by atoms with Crippen LogP contribution in [0.2, 0.25) is 0 Å². The number of anilines is 1. The molecule has 0 aliphatic heterocycles. The molecule has 3 nitrogen and oxygen atoms in total. The summed E-state index contributed by atoms with van der Waals surface area (Å²) in [5.74, 6) is 1.11. The lowest BCUT2D eigenvalue weighted by Gasteiger charge is -2.16. The molecule has 2 N–H and O–H groups in total. The van der Waals surface area contributed by atoms with Crippen LogP contribution in [0.3, 0.4) is 0 Å². The molecule has 1 atom stereocenters. The van der Waals surface area contributed by atoms with E-state index in [1.54, 1.807) is 0 Å². The molecule has 0 spiro atoms. The Labute approximate surface area is 95.9 Å². The van der Waals surface area contributed by atoms with E-state index in [0.29, 0.717) is 0 Å². The van der Waals surface area contributed by atoms with Crippen molar-refractivity contribution in [1.82, 2.24) is 9.55 Å². The average molecular weight is 215 g/mol. The van der Waals surface area contributed by atoms with Crippen LogP contribution in [0.4, 0.5) is 5.69 Å². The zero-order valence-corrected chi connectivity index (χ0v) is 9.72. The van der Waals surface area contributed by atoms with Gasteiger partial charge >= 0.3 is 0 Å². The Morgan fingerprint density at radius 2 is 2.25 bits per heavy atom. The highest BCUT2D eigenvalue weighted by molar-refractivity contribution is 5.41. The minimum absolute atomic E-state index is 0.279. The number of nitrogens with two attached hydrogens (primary N) is 1. The Balaban J connectivity index is 2.35. The van der Waals surface area contributed by atoms with Gasteiger partial charge in [-0.2, -0.15) is 0 Å². The lowest BCUT2D eigenvalue weighted by atomic mass is 10.1. The van der Waals surface area contributed by atoms with E-state index >= 15 is 0 Å². The highest BCUT2D eigenvalue weighted by atomic mass is 15.1. The van der Waals surface area contributed by atoms with E-state index in [4.69, 9.17) is 5.73 Å². The lowest BCUT2D eigenvalue weighted by Crippen LogP contribution is -2.09. The second-order valence-electron chi connectivity index (χ2n) is 3.95. The molecule has 0 bridgehead atoms. The molecule has 16 heavy (non-hydrogen) atoms. The van der Waals surface area contributed by atoms with Gasteiger partial charge in [0.1, 0.15) is 5.82 Å². The van der Waals surface area contributed by atoms with E-state index in [2.05, 4.69) is 29.5 Å². The van der Waals surface area contributed by atoms with Gasteiger partial charge in [0.2, 0.25) is 0 Å². The number of aromatic nitrogens is 2. The molecule has 0 radical (unpaired) electrons. The first-order valence-electron chi connectivity index (χ1n) is 5.59. The first-order chi connectivity index (χ1) is 7.72. The van der Waals surface area contributed by atoms with Crippen molar-refractivity contribution < 1.29 is 0 Å². The van der Waals surface area contributed by atoms with Gasteiger partial charge in [0, 0.05) is 24.5 Å². The van der Waals surface area contributed by atoms with Crippen LogP contribution < -0.4 is 5.73 Å². The Morgan fingerprint density at radius 1 is 1.44 bits per heavy atom. The number of benzene rings is 1. The molecule has 2 aromatic rings. The average Bonchev–Trinajstić information content (AvgIpc) is 2.76. The molecule has 0 amide bonds. The molecule has 0 saturated heterocycles. The summed E-state index contributed by atoms with van der Waals surface area (Å²) in [7, 11) is 0. The Hall–Kier alpha value is -1.77. The predicted octanol–water partition coefficient (Wildman–Crippen LogP) is 2.64. The largest absolute Gasteiger partial charge is 0.399 e. The number of rotatable bonds is 3. The maximum atomic E-state index is 5.80. The van der Waals surface area contributed by atoms with Gasteiger partial charge in [-0.1, -0.05) is 19.1 Å². The summed E-state index contributed by atoms with van der Waals surface area (Å²) in [6.45, 7) is 4.28. The molecule has 1 unspecified atom stereocenters. The fraction of sp³-hybridized carbons (Fsp3) is 0.308. The fourth-order valence-corrected chi connectivity index (χ4v) is 1.95. The van der Waals surface area contributed by atoms with Gasteiger partial charge in [-0.25, -0.2) is 4.98 Å². The van der Waals surface area contributed by atoms with Crippen LogP contribution >= 0.6 is 0 Å². The lowest BCUT2D eigenvalue weighted by molar-refractivity contribution is 0.606.